The molecule has 7 nitrogen and oxygen atoms in total. The quantitative estimate of drug-likeness (QED) is 0.732. The Kier molecular flexibility index (Phi) is 6.28. The first-order chi connectivity index (χ1) is 14.5. The highest BCUT2D eigenvalue weighted by Crippen LogP contribution is 2.46. The number of benzene rings is 2. The Labute approximate surface area is 174 Å². The predicted octanol–water partition coefficient (Wildman–Crippen LogP) is 3.49. The van der Waals surface area contributed by atoms with E-state index in [9.17, 15) is 10.1 Å². The lowest BCUT2D eigenvalue weighted by Gasteiger charge is -2.29. The molecule has 2 N–H and O–H groups in total. The van der Waals surface area contributed by atoms with Crippen molar-refractivity contribution in [2.75, 3.05) is 20.8 Å². The van der Waals surface area contributed by atoms with E-state index in [0.717, 1.165) is 0 Å². The highest BCUT2D eigenvalue weighted by atomic mass is 16.5. The Bertz CT molecular complexity index is 1050. The molecular formula is C23H22N2O5. The Morgan fingerprint density at radius 1 is 1.17 bits per heavy atom. The van der Waals surface area contributed by atoms with Crippen molar-refractivity contribution in [3.05, 3.63) is 76.7 Å². The minimum atomic E-state index is -0.858. The first kappa shape index (κ1) is 20.8. The molecule has 0 saturated carbocycles. The number of nitriles is 1. The third-order valence-corrected chi connectivity index (χ3v) is 4.70. The highest BCUT2D eigenvalue weighted by Gasteiger charge is 2.39. The fraction of sp³-hybridized carbons (Fsp3) is 0.217. The Morgan fingerprint density at radius 2 is 1.90 bits per heavy atom. The van der Waals surface area contributed by atoms with Crippen LogP contribution in [0.25, 0.3) is 5.76 Å². The lowest BCUT2D eigenvalue weighted by molar-refractivity contribution is -0.138. The van der Waals surface area contributed by atoms with Gasteiger partial charge in [-0.2, -0.15) is 5.26 Å². The van der Waals surface area contributed by atoms with E-state index >= 15 is 0 Å². The number of carbonyl (C=O) groups excluding carboxylic acids is 1. The van der Waals surface area contributed by atoms with Gasteiger partial charge in [0, 0.05) is 11.1 Å². The normalized spacial score (nSPS) is 15.9. The van der Waals surface area contributed by atoms with E-state index in [1.807, 2.05) is 18.2 Å². The van der Waals surface area contributed by atoms with Gasteiger partial charge in [0.1, 0.15) is 28.9 Å². The van der Waals surface area contributed by atoms with Crippen LogP contribution in [0.2, 0.25) is 0 Å². The standard InChI is InChI=1S/C23H22N2O5/c1-4-29-23(26)20-19(16-12-15(27-2)10-11-18(16)28-3)17(13-24)22(25)30-21(20)14-8-6-5-7-9-14/h5-12,19H,4,25H2,1-3H3/t19-/m1/s1. The molecule has 2 aromatic carbocycles. The zero-order chi connectivity index (χ0) is 21.7. The number of hydrogen-bond donors (Lipinski definition) is 1. The second-order valence-electron chi connectivity index (χ2n) is 6.36. The van der Waals surface area contributed by atoms with Crippen molar-refractivity contribution < 1.29 is 23.7 Å². The van der Waals surface area contributed by atoms with Gasteiger partial charge in [-0.3, -0.25) is 0 Å². The summed E-state index contributed by atoms with van der Waals surface area (Å²) < 4.78 is 22.0. The molecule has 0 unspecified atom stereocenters. The molecule has 2 aromatic rings. The summed E-state index contributed by atoms with van der Waals surface area (Å²) in [5.74, 6) is -0.302. The van der Waals surface area contributed by atoms with Crippen LogP contribution in [0.15, 0.2) is 65.6 Å². The van der Waals surface area contributed by atoms with Gasteiger partial charge in [-0.1, -0.05) is 30.3 Å². The third-order valence-electron chi connectivity index (χ3n) is 4.70. The topological polar surface area (TPSA) is 104 Å². The molecule has 0 aromatic heterocycles. The maximum absolute atomic E-state index is 13.1. The number of rotatable bonds is 6. The molecule has 1 heterocycles. The van der Waals surface area contributed by atoms with Gasteiger partial charge in [0.25, 0.3) is 0 Å². The molecule has 1 aliphatic heterocycles. The maximum atomic E-state index is 13.1. The summed E-state index contributed by atoms with van der Waals surface area (Å²) in [6.45, 7) is 1.87. The van der Waals surface area contributed by atoms with Crippen molar-refractivity contribution in [1.29, 1.82) is 5.26 Å². The second-order valence-corrected chi connectivity index (χ2v) is 6.36. The van der Waals surface area contributed by atoms with Crippen LogP contribution in [0.1, 0.15) is 24.0 Å². The molecule has 0 bridgehead atoms. The third kappa shape index (κ3) is 3.80. The fourth-order valence-electron chi connectivity index (χ4n) is 3.36. The average molecular weight is 406 g/mol. The second kappa shape index (κ2) is 9.05. The van der Waals surface area contributed by atoms with Gasteiger partial charge in [-0.15, -0.1) is 0 Å². The fourth-order valence-corrected chi connectivity index (χ4v) is 3.36. The van der Waals surface area contributed by atoms with Crippen LogP contribution in [0.4, 0.5) is 0 Å². The summed E-state index contributed by atoms with van der Waals surface area (Å²) in [4.78, 5) is 13.1. The van der Waals surface area contributed by atoms with Crippen molar-refractivity contribution in [3.8, 4) is 17.6 Å². The Hall–Kier alpha value is -3.92. The van der Waals surface area contributed by atoms with Gasteiger partial charge in [0.05, 0.1) is 32.3 Å². The molecule has 154 valence electrons. The molecular weight excluding hydrogens is 384 g/mol. The van der Waals surface area contributed by atoms with Crippen LogP contribution < -0.4 is 15.2 Å². The highest BCUT2D eigenvalue weighted by molar-refractivity contribution is 6.00. The monoisotopic (exact) mass is 406 g/mol. The zero-order valence-electron chi connectivity index (χ0n) is 17.0. The molecule has 0 spiro atoms. The summed E-state index contributed by atoms with van der Waals surface area (Å²) >= 11 is 0. The predicted molar refractivity (Wildman–Crippen MR) is 110 cm³/mol. The minimum absolute atomic E-state index is 0.0840. The summed E-state index contributed by atoms with van der Waals surface area (Å²) in [6, 6.07) is 16.3. The van der Waals surface area contributed by atoms with Crippen molar-refractivity contribution in [2.45, 2.75) is 12.8 Å². The van der Waals surface area contributed by atoms with E-state index in [0.29, 0.717) is 22.6 Å². The largest absolute Gasteiger partial charge is 0.497 e. The summed E-state index contributed by atoms with van der Waals surface area (Å²) in [5, 5.41) is 9.85. The smallest absolute Gasteiger partial charge is 0.338 e. The Morgan fingerprint density at radius 3 is 2.50 bits per heavy atom. The van der Waals surface area contributed by atoms with Crippen molar-refractivity contribution >= 4 is 11.7 Å². The van der Waals surface area contributed by atoms with Crippen LogP contribution >= 0.6 is 0 Å². The molecule has 1 aliphatic rings. The van der Waals surface area contributed by atoms with Crippen molar-refractivity contribution in [1.82, 2.24) is 0 Å². The molecule has 3 rings (SSSR count). The SMILES string of the molecule is CCOC(=O)C1=C(c2ccccc2)OC(N)=C(C#N)[C@H]1c1cc(OC)ccc1OC. The average Bonchev–Trinajstić information content (AvgIpc) is 2.78. The van der Waals surface area contributed by atoms with E-state index in [4.69, 9.17) is 24.7 Å². The number of esters is 1. The number of allylic oxidation sites excluding steroid dienone is 1. The van der Waals surface area contributed by atoms with Crippen molar-refractivity contribution in [3.63, 3.8) is 0 Å². The lowest BCUT2D eigenvalue weighted by atomic mass is 9.81. The van der Waals surface area contributed by atoms with Gasteiger partial charge >= 0.3 is 5.97 Å². The minimum Gasteiger partial charge on any atom is -0.497 e. The maximum Gasteiger partial charge on any atom is 0.338 e. The van der Waals surface area contributed by atoms with Gasteiger partial charge in [-0.25, -0.2) is 4.79 Å². The van der Waals surface area contributed by atoms with Crippen LogP contribution in [0.3, 0.4) is 0 Å². The summed E-state index contributed by atoms with van der Waals surface area (Å²) in [6.07, 6.45) is 0. The van der Waals surface area contributed by atoms with E-state index in [2.05, 4.69) is 6.07 Å². The molecule has 0 aliphatic carbocycles. The number of nitrogens with two attached hydrogens (primary N) is 1. The molecule has 30 heavy (non-hydrogen) atoms. The van der Waals surface area contributed by atoms with Gasteiger partial charge in [0.15, 0.2) is 0 Å². The summed E-state index contributed by atoms with van der Waals surface area (Å²) in [7, 11) is 3.04. The van der Waals surface area contributed by atoms with Crippen LogP contribution in [-0.4, -0.2) is 26.8 Å². The van der Waals surface area contributed by atoms with E-state index in [1.54, 1.807) is 37.3 Å². The molecule has 0 saturated heterocycles. The number of methoxy groups -OCH3 is 2. The number of hydrogen-bond acceptors (Lipinski definition) is 7. The molecule has 1 atom stereocenters. The van der Waals surface area contributed by atoms with Gasteiger partial charge in [-0.05, 0) is 25.1 Å². The van der Waals surface area contributed by atoms with Gasteiger partial charge < -0.3 is 24.7 Å². The van der Waals surface area contributed by atoms with E-state index in [1.165, 1.54) is 14.2 Å². The van der Waals surface area contributed by atoms with Crippen molar-refractivity contribution in [2.24, 2.45) is 5.73 Å². The lowest BCUT2D eigenvalue weighted by Crippen LogP contribution is -2.26. The zero-order valence-corrected chi connectivity index (χ0v) is 17.0. The molecule has 0 fully saturated rings. The molecule has 7 heteroatoms. The Balaban J connectivity index is 2.35. The van der Waals surface area contributed by atoms with Gasteiger partial charge in [0.2, 0.25) is 5.88 Å². The summed E-state index contributed by atoms with van der Waals surface area (Å²) in [5.41, 5.74) is 7.54. The van der Waals surface area contributed by atoms with Crippen LogP contribution in [0.5, 0.6) is 11.5 Å². The molecule has 0 amide bonds. The number of ether oxygens (including phenoxy) is 4. The first-order valence-corrected chi connectivity index (χ1v) is 9.31. The molecule has 0 radical (unpaired) electrons. The van der Waals surface area contributed by atoms with Crippen LogP contribution in [0, 0.1) is 11.3 Å². The number of nitrogens with zero attached hydrogens (tertiary/aromatic N) is 1. The first-order valence-electron chi connectivity index (χ1n) is 9.31. The van der Waals surface area contributed by atoms with Crippen LogP contribution in [-0.2, 0) is 14.3 Å². The number of carbonyl (C=O) groups is 1. The van der Waals surface area contributed by atoms with E-state index < -0.39 is 11.9 Å². The van der Waals surface area contributed by atoms with E-state index in [-0.39, 0.29) is 29.4 Å².